The average Bonchev–Trinajstić information content (AvgIpc) is 3.24. The first-order chi connectivity index (χ1) is 12.8. The zero-order valence-electron chi connectivity index (χ0n) is 16.6. The Morgan fingerprint density at radius 2 is 2.15 bits per heavy atom. The quantitative estimate of drug-likeness (QED) is 0.637. The lowest BCUT2D eigenvalue weighted by molar-refractivity contribution is -0.120. The van der Waals surface area contributed by atoms with Crippen LogP contribution in [0.4, 0.5) is 5.69 Å². The molecule has 8 nitrogen and oxygen atoms in total. The summed E-state index contributed by atoms with van der Waals surface area (Å²) in [5.41, 5.74) is 1.88. The molecule has 1 saturated heterocycles. The van der Waals surface area contributed by atoms with Crippen molar-refractivity contribution in [3.05, 3.63) is 28.5 Å². The molecule has 0 aromatic carbocycles. The van der Waals surface area contributed by atoms with Crippen molar-refractivity contribution in [3.8, 4) is 0 Å². The van der Waals surface area contributed by atoms with Crippen LogP contribution in [0.5, 0.6) is 0 Å². The van der Waals surface area contributed by atoms with Crippen molar-refractivity contribution in [1.29, 1.82) is 0 Å². The number of hydrogen-bond acceptors (Lipinski definition) is 5. The molecule has 27 heavy (non-hydrogen) atoms. The summed E-state index contributed by atoms with van der Waals surface area (Å²) in [5, 5.41) is 10.7. The van der Waals surface area contributed by atoms with E-state index >= 15 is 0 Å². The number of anilines is 1. The molecule has 9 heteroatoms. The molecule has 146 valence electrons. The number of aromatic nitrogens is 3. The molecule has 0 unspecified atom stereocenters. The maximum atomic E-state index is 12.6. The molecule has 0 atom stereocenters. The van der Waals surface area contributed by atoms with Gasteiger partial charge in [0.05, 0.1) is 29.1 Å². The second-order valence-electron chi connectivity index (χ2n) is 7.63. The number of carbonyl (C=O) groups is 1. The molecule has 2 aromatic heterocycles. The van der Waals surface area contributed by atoms with Gasteiger partial charge < -0.3 is 15.1 Å². The normalized spacial score (nSPS) is 16.2. The average molecular weight is 390 g/mol. The number of piperazine rings is 1. The van der Waals surface area contributed by atoms with Crippen LogP contribution in [0, 0.1) is 0 Å². The minimum Gasteiger partial charge on any atom is -0.351 e. The summed E-state index contributed by atoms with van der Waals surface area (Å²) in [6.45, 7) is 8.69. The van der Waals surface area contributed by atoms with Crippen LogP contribution in [0.3, 0.4) is 0 Å². The molecule has 0 aliphatic carbocycles. The summed E-state index contributed by atoms with van der Waals surface area (Å²) in [4.78, 5) is 25.4. The van der Waals surface area contributed by atoms with Crippen LogP contribution in [0.1, 0.15) is 31.5 Å². The van der Waals surface area contributed by atoms with Gasteiger partial charge in [-0.15, -0.1) is 11.3 Å². The molecule has 0 saturated carbocycles. The maximum Gasteiger partial charge on any atom is 0.246 e. The first kappa shape index (κ1) is 19.3. The summed E-state index contributed by atoms with van der Waals surface area (Å²) in [6.07, 6.45) is 3.57. The Labute approximate surface area is 163 Å². The van der Waals surface area contributed by atoms with Crippen LogP contribution >= 0.6 is 11.3 Å². The Hall–Kier alpha value is -2.42. The van der Waals surface area contributed by atoms with Crippen LogP contribution < -0.4 is 10.2 Å². The Morgan fingerprint density at radius 3 is 2.70 bits per heavy atom. The number of aliphatic imine (C=N–C) groups is 1. The highest BCUT2D eigenvalue weighted by molar-refractivity contribution is 7.09. The molecule has 2 aromatic rings. The first-order valence-corrected chi connectivity index (χ1v) is 9.85. The van der Waals surface area contributed by atoms with Crippen LogP contribution in [-0.4, -0.2) is 58.2 Å². The van der Waals surface area contributed by atoms with Crippen molar-refractivity contribution in [1.82, 2.24) is 25.0 Å². The van der Waals surface area contributed by atoms with Crippen molar-refractivity contribution in [3.63, 3.8) is 0 Å². The number of rotatable bonds is 3. The summed E-state index contributed by atoms with van der Waals surface area (Å²) < 4.78 is 1.70. The highest BCUT2D eigenvalue weighted by atomic mass is 32.1. The second-order valence-corrected chi connectivity index (χ2v) is 8.49. The minimum atomic E-state index is 0.0425. The molecule has 1 amide bonds. The van der Waals surface area contributed by atoms with Gasteiger partial charge >= 0.3 is 0 Å². The van der Waals surface area contributed by atoms with E-state index in [1.807, 2.05) is 18.1 Å². The lowest BCUT2D eigenvalue weighted by atomic mass is 9.98. The zero-order chi connectivity index (χ0) is 19.6. The van der Waals surface area contributed by atoms with Gasteiger partial charge in [0.25, 0.3) is 0 Å². The van der Waals surface area contributed by atoms with E-state index in [1.165, 1.54) is 0 Å². The predicted octanol–water partition coefficient (Wildman–Crippen LogP) is 1.60. The molecular weight excluding hydrogens is 362 g/mol. The molecule has 3 rings (SSSR count). The molecule has 1 aliphatic rings. The lowest BCUT2D eigenvalue weighted by Crippen LogP contribution is -2.55. The minimum absolute atomic E-state index is 0.0425. The van der Waals surface area contributed by atoms with Crippen LogP contribution in [-0.2, 0) is 23.8 Å². The standard InChI is InChI=1S/C18H27N7OS/c1-18(2,3)16-22-13(12-27-16)8-20-17(19-4)24-6-7-25(15(26)11-24)14-9-21-23(5)10-14/h9-10,12H,6-8,11H2,1-5H3,(H,19,20). The van der Waals surface area contributed by atoms with Gasteiger partial charge in [-0.1, -0.05) is 20.8 Å². The fourth-order valence-corrected chi connectivity index (χ4v) is 3.82. The van der Waals surface area contributed by atoms with E-state index in [4.69, 9.17) is 4.98 Å². The van der Waals surface area contributed by atoms with E-state index in [0.29, 0.717) is 26.2 Å². The third kappa shape index (κ3) is 4.47. The number of thiazole rings is 1. The van der Waals surface area contributed by atoms with Crippen molar-refractivity contribution in [2.75, 3.05) is 31.6 Å². The van der Waals surface area contributed by atoms with Crippen molar-refractivity contribution < 1.29 is 4.79 Å². The number of hydrogen-bond donors (Lipinski definition) is 1. The van der Waals surface area contributed by atoms with Gasteiger partial charge in [0, 0.05) is 44.2 Å². The number of guanidine groups is 1. The first-order valence-electron chi connectivity index (χ1n) is 8.97. The second kappa shape index (κ2) is 7.67. The fraction of sp³-hybridized carbons (Fsp3) is 0.556. The van der Waals surface area contributed by atoms with E-state index in [9.17, 15) is 4.79 Å². The number of nitrogens with one attached hydrogen (secondary N) is 1. The Balaban J connectivity index is 1.59. The molecule has 1 aliphatic heterocycles. The molecule has 0 bridgehead atoms. The van der Waals surface area contributed by atoms with E-state index < -0.39 is 0 Å². The van der Waals surface area contributed by atoms with E-state index in [1.54, 1.807) is 34.2 Å². The van der Waals surface area contributed by atoms with Gasteiger partial charge in [-0.25, -0.2) is 4.98 Å². The third-order valence-corrected chi connectivity index (χ3v) is 5.67. The van der Waals surface area contributed by atoms with Crippen molar-refractivity contribution in [2.24, 2.45) is 12.0 Å². The Morgan fingerprint density at radius 1 is 1.37 bits per heavy atom. The summed E-state index contributed by atoms with van der Waals surface area (Å²) in [6, 6.07) is 0. The SMILES string of the molecule is CN=C(NCc1csc(C(C)(C)C)n1)N1CCN(c2cnn(C)c2)C(=O)C1. The van der Waals surface area contributed by atoms with Gasteiger partial charge in [-0.3, -0.25) is 14.5 Å². The summed E-state index contributed by atoms with van der Waals surface area (Å²) in [5.74, 6) is 0.764. The molecular formula is C18H27N7OS. The highest BCUT2D eigenvalue weighted by Gasteiger charge is 2.27. The predicted molar refractivity (Wildman–Crippen MR) is 108 cm³/mol. The lowest BCUT2D eigenvalue weighted by Gasteiger charge is -2.35. The fourth-order valence-electron chi connectivity index (χ4n) is 2.91. The Kier molecular flexibility index (Phi) is 5.50. The van der Waals surface area contributed by atoms with Crippen LogP contribution in [0.2, 0.25) is 0 Å². The maximum absolute atomic E-state index is 12.6. The number of amides is 1. The molecule has 1 fully saturated rings. The van der Waals surface area contributed by atoms with E-state index in [0.717, 1.165) is 22.3 Å². The topological polar surface area (TPSA) is 78.7 Å². The van der Waals surface area contributed by atoms with Crippen molar-refractivity contribution >= 4 is 28.9 Å². The highest BCUT2D eigenvalue weighted by Crippen LogP contribution is 2.25. The van der Waals surface area contributed by atoms with Gasteiger partial charge in [0.2, 0.25) is 5.91 Å². The third-order valence-electron chi connectivity index (χ3n) is 4.36. The van der Waals surface area contributed by atoms with Crippen LogP contribution in [0.25, 0.3) is 0 Å². The smallest absolute Gasteiger partial charge is 0.246 e. The zero-order valence-corrected chi connectivity index (χ0v) is 17.4. The van der Waals surface area contributed by atoms with Crippen LogP contribution in [0.15, 0.2) is 22.8 Å². The number of carbonyl (C=O) groups excluding carboxylic acids is 1. The summed E-state index contributed by atoms with van der Waals surface area (Å²) >= 11 is 1.68. The number of aryl methyl sites for hydroxylation is 1. The molecule has 0 spiro atoms. The summed E-state index contributed by atoms with van der Waals surface area (Å²) in [7, 11) is 3.58. The van der Waals surface area contributed by atoms with Gasteiger partial charge in [-0.2, -0.15) is 5.10 Å². The number of nitrogens with zero attached hydrogens (tertiary/aromatic N) is 6. The van der Waals surface area contributed by atoms with Gasteiger partial charge in [-0.05, 0) is 0 Å². The Bertz CT molecular complexity index is 833. The molecule has 0 radical (unpaired) electrons. The monoisotopic (exact) mass is 389 g/mol. The molecule has 1 N–H and O–H groups in total. The van der Waals surface area contributed by atoms with Gasteiger partial charge in [0.1, 0.15) is 6.54 Å². The van der Waals surface area contributed by atoms with Crippen molar-refractivity contribution in [2.45, 2.75) is 32.7 Å². The largest absolute Gasteiger partial charge is 0.351 e. The molecule has 3 heterocycles. The van der Waals surface area contributed by atoms with Gasteiger partial charge in [0.15, 0.2) is 5.96 Å². The van der Waals surface area contributed by atoms with E-state index in [2.05, 4.69) is 41.6 Å². The van der Waals surface area contributed by atoms with E-state index in [-0.39, 0.29) is 11.3 Å².